The van der Waals surface area contributed by atoms with Crippen LogP contribution in [0.4, 0.5) is 0 Å². The van der Waals surface area contributed by atoms with Gasteiger partial charge in [-0.1, -0.05) is 27.5 Å². The molecule has 0 aliphatic carbocycles. The largest absolute Gasteiger partial charge is 0.493 e. The zero-order valence-corrected chi connectivity index (χ0v) is 22.0. The zero-order valence-electron chi connectivity index (χ0n) is 17.3. The van der Waals surface area contributed by atoms with Crippen molar-refractivity contribution >= 4 is 65.2 Å². The molecule has 0 aliphatic heterocycles. The third kappa shape index (κ3) is 5.89. The van der Waals surface area contributed by atoms with E-state index in [4.69, 9.17) is 25.3 Å². The van der Waals surface area contributed by atoms with Gasteiger partial charge in [0.2, 0.25) is 0 Å². The Morgan fingerprint density at radius 1 is 1.00 bits per heavy atom. The van der Waals surface area contributed by atoms with Crippen LogP contribution in [-0.2, 0) is 10.1 Å². The lowest BCUT2D eigenvalue weighted by molar-refractivity contribution is 0.355. The van der Waals surface area contributed by atoms with Crippen molar-refractivity contribution < 1.29 is 22.1 Å². The first-order chi connectivity index (χ1) is 15.7. The normalized spacial score (nSPS) is 11.6. The van der Waals surface area contributed by atoms with Crippen molar-refractivity contribution in [3.63, 3.8) is 0 Å². The number of benzene rings is 3. The highest BCUT2D eigenvalue weighted by atomic mass is 79.9. The fraction of sp³-hybridized carbons (Fsp3) is 0.0870. The monoisotopic (exact) mass is 611 g/mol. The molecule has 3 aromatic carbocycles. The highest BCUT2D eigenvalue weighted by Crippen LogP contribution is 2.38. The van der Waals surface area contributed by atoms with Gasteiger partial charge >= 0.3 is 10.1 Å². The lowest BCUT2D eigenvalue weighted by Gasteiger charge is -2.13. The fourth-order valence-corrected chi connectivity index (χ4v) is 5.42. The maximum Gasteiger partial charge on any atom is 0.339 e. The van der Waals surface area contributed by atoms with E-state index in [9.17, 15) is 13.7 Å². The molecular weight excluding hydrogens is 598 g/mol. The number of ether oxygens (including phenoxy) is 2. The number of nitrogens with zero attached hydrogens (tertiary/aromatic N) is 1. The van der Waals surface area contributed by atoms with Crippen molar-refractivity contribution in [2.45, 2.75) is 4.90 Å². The number of methoxy groups -OCH3 is 2. The van der Waals surface area contributed by atoms with Gasteiger partial charge in [-0.05, 0) is 82.2 Å². The summed E-state index contributed by atoms with van der Waals surface area (Å²) in [5.74, 6) is 0.997. The number of hydrogen-bond acceptors (Lipinski definition) is 6. The van der Waals surface area contributed by atoms with Gasteiger partial charge in [-0.2, -0.15) is 13.7 Å². The Labute approximate surface area is 213 Å². The van der Waals surface area contributed by atoms with Crippen molar-refractivity contribution in [2.75, 3.05) is 14.2 Å². The second-order valence-corrected chi connectivity index (χ2v) is 10.3. The maximum absolute atomic E-state index is 12.9. The van der Waals surface area contributed by atoms with Gasteiger partial charge < -0.3 is 13.7 Å². The lowest BCUT2D eigenvalue weighted by atomic mass is 10.0. The average molecular weight is 614 g/mol. The number of halogens is 3. The van der Waals surface area contributed by atoms with Gasteiger partial charge in [0.15, 0.2) is 17.2 Å². The molecule has 0 radical (unpaired) electrons. The van der Waals surface area contributed by atoms with Crippen LogP contribution < -0.4 is 13.7 Å². The van der Waals surface area contributed by atoms with E-state index in [1.54, 1.807) is 30.3 Å². The predicted molar refractivity (Wildman–Crippen MR) is 134 cm³/mol. The van der Waals surface area contributed by atoms with E-state index in [0.29, 0.717) is 36.6 Å². The van der Waals surface area contributed by atoms with Crippen molar-refractivity contribution in [3.8, 4) is 23.3 Å². The minimum Gasteiger partial charge on any atom is -0.493 e. The summed E-state index contributed by atoms with van der Waals surface area (Å²) in [6.07, 6.45) is 1.53. The molecule has 0 fully saturated rings. The van der Waals surface area contributed by atoms with E-state index in [1.165, 1.54) is 44.6 Å². The molecule has 10 heteroatoms. The Kier molecular flexibility index (Phi) is 8.08. The molecule has 6 nitrogen and oxygen atoms in total. The molecule has 0 amide bonds. The van der Waals surface area contributed by atoms with Gasteiger partial charge in [0.1, 0.15) is 4.90 Å². The SMILES string of the molecule is COc1ccc(/C(C#N)=C/c2cc(Br)cc(Br)c2OS(=O)(=O)c2ccc(Cl)cc2)cc1OC. The van der Waals surface area contributed by atoms with Gasteiger partial charge in [-0.25, -0.2) is 0 Å². The molecule has 0 saturated carbocycles. The van der Waals surface area contributed by atoms with Gasteiger partial charge in [0.05, 0.1) is 30.3 Å². The molecule has 170 valence electrons. The molecule has 3 rings (SSSR count). The quantitative estimate of drug-likeness (QED) is 0.167. The number of nitriles is 1. The van der Waals surface area contributed by atoms with Gasteiger partial charge in [-0.3, -0.25) is 0 Å². The maximum atomic E-state index is 12.9. The van der Waals surface area contributed by atoms with Crippen LogP contribution >= 0.6 is 43.5 Å². The highest BCUT2D eigenvalue weighted by molar-refractivity contribution is 9.11. The Morgan fingerprint density at radius 2 is 1.67 bits per heavy atom. The first kappa shape index (κ1) is 25.1. The van der Waals surface area contributed by atoms with E-state index < -0.39 is 10.1 Å². The summed E-state index contributed by atoms with van der Waals surface area (Å²) in [7, 11) is -1.15. The molecule has 0 atom stereocenters. The Morgan fingerprint density at radius 3 is 2.27 bits per heavy atom. The molecule has 0 saturated heterocycles. The van der Waals surface area contributed by atoms with Crippen LogP contribution in [0.1, 0.15) is 11.1 Å². The van der Waals surface area contributed by atoms with Crippen molar-refractivity contribution in [1.82, 2.24) is 0 Å². The van der Waals surface area contributed by atoms with E-state index in [2.05, 4.69) is 37.9 Å². The molecule has 0 bridgehead atoms. The highest BCUT2D eigenvalue weighted by Gasteiger charge is 2.21. The Hall–Kier alpha value is -2.51. The average Bonchev–Trinajstić information content (AvgIpc) is 2.79. The molecule has 0 aromatic heterocycles. The minimum absolute atomic E-state index is 0.0291. The molecule has 0 unspecified atom stereocenters. The molecular formula is C23H16Br2ClNO5S. The minimum atomic E-state index is -4.17. The summed E-state index contributed by atoms with van der Waals surface area (Å²) in [6, 6.07) is 16.1. The summed E-state index contributed by atoms with van der Waals surface area (Å²) in [4.78, 5) is -0.0583. The van der Waals surface area contributed by atoms with Crippen LogP contribution in [0.15, 0.2) is 68.4 Å². The summed E-state index contributed by atoms with van der Waals surface area (Å²) in [5.41, 5.74) is 1.17. The van der Waals surface area contributed by atoms with E-state index >= 15 is 0 Å². The van der Waals surface area contributed by atoms with Gasteiger partial charge in [-0.15, -0.1) is 0 Å². The molecule has 0 spiro atoms. The standard InChI is InChI=1S/C23H16Br2ClNO5S/c1-30-21-8-3-14(11-22(21)31-2)16(13-27)9-15-10-17(24)12-20(25)23(15)32-33(28,29)19-6-4-18(26)5-7-19/h3-12H,1-2H3/b16-9+. The molecule has 3 aromatic rings. The van der Waals surface area contributed by atoms with E-state index in [1.807, 2.05) is 0 Å². The summed E-state index contributed by atoms with van der Waals surface area (Å²) in [6.45, 7) is 0. The van der Waals surface area contributed by atoms with Crippen LogP contribution in [0, 0.1) is 11.3 Å². The topological polar surface area (TPSA) is 85.6 Å². The number of allylic oxidation sites excluding steroid dienone is 1. The fourth-order valence-electron chi connectivity index (χ4n) is 2.87. The zero-order chi connectivity index (χ0) is 24.2. The summed E-state index contributed by atoms with van der Waals surface area (Å²) in [5, 5.41) is 10.2. The first-order valence-electron chi connectivity index (χ1n) is 9.21. The van der Waals surface area contributed by atoms with Gasteiger partial charge in [0.25, 0.3) is 0 Å². The molecule has 0 N–H and O–H groups in total. The lowest BCUT2D eigenvalue weighted by Crippen LogP contribution is -2.11. The Balaban J connectivity index is 2.11. The van der Waals surface area contributed by atoms with E-state index in [0.717, 1.165) is 0 Å². The molecule has 33 heavy (non-hydrogen) atoms. The molecule has 0 aliphatic rings. The van der Waals surface area contributed by atoms with E-state index in [-0.39, 0.29) is 16.2 Å². The first-order valence-corrected chi connectivity index (χ1v) is 12.6. The summed E-state index contributed by atoms with van der Waals surface area (Å²) >= 11 is 12.6. The second kappa shape index (κ2) is 10.6. The van der Waals surface area contributed by atoms with Crippen molar-refractivity contribution in [3.05, 3.63) is 79.7 Å². The van der Waals surface area contributed by atoms with Crippen LogP contribution in [-0.4, -0.2) is 22.6 Å². The third-order valence-electron chi connectivity index (χ3n) is 4.45. The van der Waals surface area contributed by atoms with Crippen LogP contribution in [0.2, 0.25) is 5.02 Å². The van der Waals surface area contributed by atoms with Crippen LogP contribution in [0.25, 0.3) is 11.6 Å². The Bertz CT molecular complexity index is 1370. The number of rotatable bonds is 7. The van der Waals surface area contributed by atoms with Crippen LogP contribution in [0.3, 0.4) is 0 Å². The second-order valence-electron chi connectivity index (χ2n) is 6.54. The van der Waals surface area contributed by atoms with Gasteiger partial charge in [0, 0.05) is 15.1 Å². The number of hydrogen-bond donors (Lipinski definition) is 0. The van der Waals surface area contributed by atoms with Crippen molar-refractivity contribution in [1.29, 1.82) is 5.26 Å². The third-order valence-corrected chi connectivity index (χ3v) is 6.98. The molecule has 0 heterocycles. The smallest absolute Gasteiger partial charge is 0.339 e. The van der Waals surface area contributed by atoms with Crippen LogP contribution in [0.5, 0.6) is 17.2 Å². The predicted octanol–water partition coefficient (Wildman–Crippen LogP) is 6.71. The summed E-state index contributed by atoms with van der Waals surface area (Å²) < 4.78 is 42.8. The van der Waals surface area contributed by atoms with Crippen molar-refractivity contribution in [2.24, 2.45) is 0 Å².